The van der Waals surface area contributed by atoms with E-state index >= 15 is 4.39 Å². The van der Waals surface area contributed by atoms with Crippen molar-refractivity contribution in [2.75, 3.05) is 10.6 Å². The maximum absolute atomic E-state index is 15.2. The maximum atomic E-state index is 15.2. The smallest absolute Gasteiger partial charge is 0.256 e. The Morgan fingerprint density at radius 3 is 2.40 bits per heavy atom. The van der Waals surface area contributed by atoms with Gasteiger partial charge in [-0.3, -0.25) is 4.79 Å². The second-order valence-corrected chi connectivity index (χ2v) is 9.95. The molecule has 4 aromatic rings. The number of amides is 1. The van der Waals surface area contributed by atoms with E-state index in [4.69, 9.17) is 0 Å². The van der Waals surface area contributed by atoms with E-state index in [9.17, 15) is 4.79 Å². The number of thiophene rings is 1. The van der Waals surface area contributed by atoms with Crippen molar-refractivity contribution in [1.82, 2.24) is 9.97 Å². The number of aromatic nitrogens is 2. The molecule has 0 saturated heterocycles. The summed E-state index contributed by atoms with van der Waals surface area (Å²) < 4.78 is 15.2. The lowest BCUT2D eigenvalue weighted by atomic mass is 9.89. The van der Waals surface area contributed by atoms with Crippen molar-refractivity contribution in [3.05, 3.63) is 105 Å². The van der Waals surface area contributed by atoms with Crippen LogP contribution in [0.25, 0.3) is 0 Å². The number of rotatable bonds is 6. The summed E-state index contributed by atoms with van der Waals surface area (Å²) in [7, 11) is 0. The third-order valence-electron chi connectivity index (χ3n) is 6.24. The Labute approximate surface area is 208 Å². The van der Waals surface area contributed by atoms with E-state index in [-0.39, 0.29) is 11.7 Å². The van der Waals surface area contributed by atoms with E-state index in [1.165, 1.54) is 16.5 Å². The van der Waals surface area contributed by atoms with Gasteiger partial charge in [-0.15, -0.1) is 11.3 Å². The number of carbonyl (C=O) groups is 1. The van der Waals surface area contributed by atoms with Crippen LogP contribution in [0.1, 0.15) is 62.2 Å². The Kier molecular flexibility index (Phi) is 6.59. The van der Waals surface area contributed by atoms with Crippen molar-refractivity contribution in [3.63, 3.8) is 0 Å². The molecule has 0 bridgehead atoms. The first kappa shape index (κ1) is 23.2. The molecule has 0 unspecified atom stereocenters. The standard InChI is InChI=1S/C28H27FN4OS/c1-17-16-18(2)31-28(30-17)32-25(20-12-6-8-14-22(20)29)24-21-13-7-9-15-23(21)35-27(24)33-26(34)19-10-4-3-5-11-19/h3-6,8,10-12,14,16,25H,7,9,13,15H2,1-2H3,(H,33,34)(H,30,31,32)/t25-/m0/s1. The van der Waals surface area contributed by atoms with Gasteiger partial charge < -0.3 is 10.6 Å². The van der Waals surface area contributed by atoms with Gasteiger partial charge in [-0.25, -0.2) is 14.4 Å². The SMILES string of the molecule is Cc1cc(C)nc(N[C@@H](c2ccccc2F)c2c(NC(=O)c3ccccc3)sc3c2CCCC3)n1. The van der Waals surface area contributed by atoms with Gasteiger partial charge in [0.05, 0.1) is 6.04 Å². The average Bonchev–Trinajstić information content (AvgIpc) is 3.20. The van der Waals surface area contributed by atoms with E-state index in [1.807, 2.05) is 44.2 Å². The summed E-state index contributed by atoms with van der Waals surface area (Å²) in [4.78, 5) is 23.5. The van der Waals surface area contributed by atoms with Gasteiger partial charge in [0.1, 0.15) is 10.8 Å². The molecule has 35 heavy (non-hydrogen) atoms. The number of hydrogen-bond acceptors (Lipinski definition) is 5. The Bertz CT molecular complexity index is 1350. The summed E-state index contributed by atoms with van der Waals surface area (Å²) in [5, 5.41) is 7.30. The van der Waals surface area contributed by atoms with Gasteiger partial charge in [0.2, 0.25) is 5.95 Å². The van der Waals surface area contributed by atoms with Crippen LogP contribution in [-0.2, 0) is 12.8 Å². The van der Waals surface area contributed by atoms with Gasteiger partial charge in [0.25, 0.3) is 5.91 Å². The number of nitrogens with zero attached hydrogens (tertiary/aromatic N) is 2. The number of nitrogens with one attached hydrogen (secondary N) is 2. The maximum Gasteiger partial charge on any atom is 0.256 e. The van der Waals surface area contributed by atoms with Crippen LogP contribution in [0.4, 0.5) is 15.3 Å². The number of hydrogen-bond donors (Lipinski definition) is 2. The third kappa shape index (κ3) is 4.95. The summed E-state index contributed by atoms with van der Waals surface area (Å²) in [6, 6.07) is 17.3. The van der Waals surface area contributed by atoms with Crippen molar-refractivity contribution in [2.45, 2.75) is 45.6 Å². The van der Waals surface area contributed by atoms with Gasteiger partial charge in [-0.05, 0) is 69.4 Å². The van der Waals surface area contributed by atoms with Crippen LogP contribution in [0, 0.1) is 19.7 Å². The molecule has 0 radical (unpaired) electrons. The highest BCUT2D eigenvalue weighted by atomic mass is 32.1. The molecule has 1 amide bonds. The lowest BCUT2D eigenvalue weighted by molar-refractivity contribution is 0.102. The monoisotopic (exact) mass is 486 g/mol. The van der Waals surface area contributed by atoms with Gasteiger partial charge >= 0.3 is 0 Å². The highest BCUT2D eigenvalue weighted by Gasteiger charge is 2.30. The molecule has 2 heterocycles. The Morgan fingerprint density at radius 1 is 0.971 bits per heavy atom. The molecule has 1 aliphatic rings. The molecule has 1 aliphatic carbocycles. The van der Waals surface area contributed by atoms with E-state index in [1.54, 1.807) is 35.6 Å². The lowest BCUT2D eigenvalue weighted by Gasteiger charge is -2.24. The molecular formula is C28H27FN4OS. The van der Waals surface area contributed by atoms with Crippen LogP contribution in [0.3, 0.4) is 0 Å². The predicted octanol–water partition coefficient (Wildman–Crippen LogP) is 6.63. The molecule has 1 atom stereocenters. The zero-order valence-electron chi connectivity index (χ0n) is 19.8. The van der Waals surface area contributed by atoms with Crippen LogP contribution in [0.5, 0.6) is 0 Å². The summed E-state index contributed by atoms with van der Waals surface area (Å²) in [5.74, 6) is -0.0577. The van der Waals surface area contributed by atoms with Crippen LogP contribution in [0.2, 0.25) is 0 Å². The number of aryl methyl sites for hydroxylation is 3. The van der Waals surface area contributed by atoms with Gasteiger partial charge in [-0.1, -0.05) is 36.4 Å². The van der Waals surface area contributed by atoms with Crippen molar-refractivity contribution < 1.29 is 9.18 Å². The highest BCUT2D eigenvalue weighted by molar-refractivity contribution is 7.16. The first-order valence-electron chi connectivity index (χ1n) is 11.8. The average molecular weight is 487 g/mol. The summed E-state index contributed by atoms with van der Waals surface area (Å²) >= 11 is 1.60. The lowest BCUT2D eigenvalue weighted by Crippen LogP contribution is -2.20. The van der Waals surface area contributed by atoms with Crippen LogP contribution < -0.4 is 10.6 Å². The highest BCUT2D eigenvalue weighted by Crippen LogP contribution is 2.44. The molecule has 178 valence electrons. The van der Waals surface area contributed by atoms with Crippen molar-refractivity contribution in [2.24, 2.45) is 0 Å². The number of anilines is 2. The van der Waals surface area contributed by atoms with Crippen LogP contribution in [-0.4, -0.2) is 15.9 Å². The molecule has 2 N–H and O–H groups in total. The second-order valence-electron chi connectivity index (χ2n) is 8.85. The fourth-order valence-electron chi connectivity index (χ4n) is 4.69. The quantitative estimate of drug-likeness (QED) is 0.321. The molecule has 5 nitrogen and oxygen atoms in total. The second kappa shape index (κ2) is 9.96. The first-order valence-corrected chi connectivity index (χ1v) is 12.7. The number of carbonyl (C=O) groups excluding carboxylic acids is 1. The minimum Gasteiger partial charge on any atom is -0.343 e. The molecule has 2 aromatic heterocycles. The third-order valence-corrected chi connectivity index (χ3v) is 7.46. The largest absolute Gasteiger partial charge is 0.343 e. The number of halogens is 1. The summed E-state index contributed by atoms with van der Waals surface area (Å²) in [6.45, 7) is 3.83. The van der Waals surface area contributed by atoms with Crippen molar-refractivity contribution in [3.8, 4) is 0 Å². The topological polar surface area (TPSA) is 66.9 Å². The first-order chi connectivity index (χ1) is 17.0. The Hall–Kier alpha value is -3.58. The minimum absolute atomic E-state index is 0.180. The fourth-order valence-corrected chi connectivity index (χ4v) is 6.01. The van der Waals surface area contributed by atoms with Crippen LogP contribution in [0.15, 0.2) is 60.7 Å². The fraction of sp³-hybridized carbons (Fsp3) is 0.250. The molecule has 7 heteroatoms. The van der Waals surface area contributed by atoms with Gasteiger partial charge in [0, 0.05) is 33.0 Å². The minimum atomic E-state index is -0.554. The summed E-state index contributed by atoms with van der Waals surface area (Å²) in [6.07, 6.45) is 4.02. The molecule has 5 rings (SSSR count). The van der Waals surface area contributed by atoms with E-state index in [0.29, 0.717) is 17.1 Å². The number of fused-ring (bicyclic) bond motifs is 1. The zero-order valence-corrected chi connectivity index (χ0v) is 20.6. The van der Waals surface area contributed by atoms with E-state index in [0.717, 1.165) is 47.6 Å². The normalized spacial score (nSPS) is 13.7. The number of benzene rings is 2. The molecule has 0 aliphatic heterocycles. The zero-order chi connectivity index (χ0) is 24.4. The van der Waals surface area contributed by atoms with Crippen molar-refractivity contribution >= 4 is 28.2 Å². The Morgan fingerprint density at radius 2 is 1.66 bits per heavy atom. The molecule has 0 fully saturated rings. The van der Waals surface area contributed by atoms with E-state index in [2.05, 4.69) is 20.6 Å². The molecular weight excluding hydrogens is 459 g/mol. The molecule has 0 spiro atoms. The van der Waals surface area contributed by atoms with Crippen LogP contribution >= 0.6 is 11.3 Å². The van der Waals surface area contributed by atoms with Gasteiger partial charge in [-0.2, -0.15) is 0 Å². The van der Waals surface area contributed by atoms with Gasteiger partial charge in [0.15, 0.2) is 0 Å². The van der Waals surface area contributed by atoms with E-state index < -0.39 is 6.04 Å². The molecule has 0 saturated carbocycles. The predicted molar refractivity (Wildman–Crippen MR) is 139 cm³/mol. The van der Waals surface area contributed by atoms with Crippen molar-refractivity contribution in [1.29, 1.82) is 0 Å². The summed E-state index contributed by atoms with van der Waals surface area (Å²) in [5.41, 5.74) is 4.83. The Balaban J connectivity index is 1.64. The molecule has 2 aromatic carbocycles.